The molecule has 0 spiro atoms. The molecule has 2 aliphatic rings. The Labute approximate surface area is 228 Å². The fourth-order valence-corrected chi connectivity index (χ4v) is 6.15. The topological polar surface area (TPSA) is 61.9 Å². The number of phenolic OH excluding ortho intramolecular Hbond substituents is 1. The summed E-state index contributed by atoms with van der Waals surface area (Å²) in [5.41, 5.74) is 9.02. The third kappa shape index (κ3) is 3.75. The first kappa shape index (κ1) is 23.7. The molecular formula is C34H31N3O2. The second-order valence-electron chi connectivity index (χ2n) is 11.7. The fraction of sp³-hybridized carbons (Fsp3) is 0.235. The van der Waals surface area contributed by atoms with Crippen molar-refractivity contribution in [2.75, 3.05) is 0 Å². The van der Waals surface area contributed by atoms with Crippen LogP contribution in [0.4, 0.5) is 0 Å². The molecule has 2 atom stereocenters. The highest BCUT2D eigenvalue weighted by Gasteiger charge is 2.40. The predicted molar refractivity (Wildman–Crippen MR) is 156 cm³/mol. The van der Waals surface area contributed by atoms with Gasteiger partial charge in [0.15, 0.2) is 5.58 Å². The summed E-state index contributed by atoms with van der Waals surface area (Å²) in [6.07, 6.45) is 0. The molecule has 5 nitrogen and oxygen atoms in total. The second kappa shape index (κ2) is 8.57. The van der Waals surface area contributed by atoms with E-state index in [1.165, 1.54) is 11.1 Å². The number of aromatic nitrogens is 1. The van der Waals surface area contributed by atoms with Gasteiger partial charge in [-0.1, -0.05) is 87.5 Å². The minimum atomic E-state index is -0.136. The number of hydrogen-bond donors (Lipinski definition) is 1. The van der Waals surface area contributed by atoms with Gasteiger partial charge in [0.25, 0.3) is 0 Å². The van der Waals surface area contributed by atoms with Gasteiger partial charge in [-0.3, -0.25) is 4.99 Å². The van der Waals surface area contributed by atoms with Crippen molar-refractivity contribution in [2.45, 2.75) is 51.7 Å². The number of aromatic hydroxyl groups is 1. The number of hydrogen-bond acceptors (Lipinski definition) is 5. The van der Waals surface area contributed by atoms with E-state index in [1.54, 1.807) is 12.1 Å². The molecule has 0 radical (unpaired) electrons. The minimum absolute atomic E-state index is 0.136. The molecule has 5 heteroatoms. The van der Waals surface area contributed by atoms with Crippen LogP contribution in [0.5, 0.6) is 5.75 Å². The van der Waals surface area contributed by atoms with Crippen LogP contribution < -0.4 is 0 Å². The van der Waals surface area contributed by atoms with Crippen LogP contribution in [-0.4, -0.2) is 26.9 Å². The van der Waals surface area contributed by atoms with Gasteiger partial charge in [0.2, 0.25) is 5.89 Å². The first-order chi connectivity index (χ1) is 18.8. The maximum atomic E-state index is 10.5. The molecule has 1 aromatic heterocycles. The Morgan fingerprint density at radius 1 is 0.872 bits per heavy atom. The molecule has 3 heterocycles. The van der Waals surface area contributed by atoms with E-state index in [9.17, 15) is 5.11 Å². The van der Waals surface area contributed by atoms with Gasteiger partial charge in [-0.05, 0) is 47.2 Å². The van der Waals surface area contributed by atoms with Crippen molar-refractivity contribution < 1.29 is 9.52 Å². The predicted octanol–water partition coefficient (Wildman–Crippen LogP) is 7.87. The zero-order chi connectivity index (χ0) is 26.9. The van der Waals surface area contributed by atoms with E-state index in [1.807, 2.05) is 12.1 Å². The minimum Gasteiger partial charge on any atom is -0.507 e. The van der Waals surface area contributed by atoms with Crippen LogP contribution in [0.15, 0.2) is 94.3 Å². The fourth-order valence-electron chi connectivity index (χ4n) is 6.15. The summed E-state index contributed by atoms with van der Waals surface area (Å²) >= 11 is 0. The summed E-state index contributed by atoms with van der Waals surface area (Å²) < 4.78 is 6.39. The standard InChI is InChI=1S/C34H31N3O2/c1-20-30-25-13-6-5-10-23(25)19-37(30)32(35-20)22-12-9-11-21(18-22)24-16-17-27(34(2,3)4)31-29(24)36-33(39-31)26-14-7-8-15-28(26)38/h5-18,20,30,38H,19H2,1-4H3/t20-,30?/m0/s1. The molecule has 194 valence electrons. The average molecular weight is 514 g/mol. The Morgan fingerprint density at radius 2 is 1.64 bits per heavy atom. The van der Waals surface area contributed by atoms with E-state index in [4.69, 9.17) is 14.4 Å². The number of oxazole rings is 1. The molecular weight excluding hydrogens is 482 g/mol. The summed E-state index contributed by atoms with van der Waals surface area (Å²) in [4.78, 5) is 12.5. The molecule has 39 heavy (non-hydrogen) atoms. The molecule has 4 aromatic carbocycles. The van der Waals surface area contributed by atoms with Crippen molar-refractivity contribution >= 4 is 16.9 Å². The van der Waals surface area contributed by atoms with Gasteiger partial charge in [0.1, 0.15) is 17.1 Å². The second-order valence-corrected chi connectivity index (χ2v) is 11.7. The summed E-state index contributed by atoms with van der Waals surface area (Å²) in [5.74, 6) is 1.62. The first-order valence-corrected chi connectivity index (χ1v) is 13.5. The van der Waals surface area contributed by atoms with E-state index in [0.717, 1.165) is 45.7 Å². The van der Waals surface area contributed by atoms with Crippen LogP contribution in [0, 0.1) is 0 Å². The zero-order valence-corrected chi connectivity index (χ0v) is 22.6. The van der Waals surface area contributed by atoms with E-state index < -0.39 is 0 Å². The number of nitrogens with zero attached hydrogens (tertiary/aromatic N) is 3. The monoisotopic (exact) mass is 513 g/mol. The third-order valence-electron chi connectivity index (χ3n) is 8.02. The Morgan fingerprint density at radius 3 is 2.46 bits per heavy atom. The lowest BCUT2D eigenvalue weighted by molar-refractivity contribution is 0.347. The third-order valence-corrected chi connectivity index (χ3v) is 8.02. The van der Waals surface area contributed by atoms with E-state index in [0.29, 0.717) is 11.5 Å². The molecule has 7 rings (SSSR count). The summed E-state index contributed by atoms with van der Waals surface area (Å²) in [7, 11) is 0. The molecule has 1 unspecified atom stereocenters. The lowest BCUT2D eigenvalue weighted by atomic mass is 9.85. The van der Waals surface area contributed by atoms with Gasteiger partial charge < -0.3 is 14.4 Å². The van der Waals surface area contributed by atoms with Crippen molar-refractivity contribution in [3.63, 3.8) is 0 Å². The Hall–Kier alpha value is -4.38. The SMILES string of the molecule is C[C@@H]1N=C(c2cccc(-c3ccc(C(C)(C)C)c4oc(-c5ccccc5O)nc34)c2)N2Cc3ccccc3C12. The molecule has 0 saturated carbocycles. The smallest absolute Gasteiger partial charge is 0.231 e. The van der Waals surface area contributed by atoms with Crippen LogP contribution in [0.2, 0.25) is 0 Å². The lowest BCUT2D eigenvalue weighted by Gasteiger charge is -2.22. The highest BCUT2D eigenvalue weighted by atomic mass is 16.4. The summed E-state index contributed by atoms with van der Waals surface area (Å²) in [6, 6.07) is 29.3. The number of amidine groups is 1. The van der Waals surface area contributed by atoms with Gasteiger partial charge in [0, 0.05) is 23.2 Å². The van der Waals surface area contributed by atoms with Crippen LogP contribution in [0.1, 0.15) is 56.0 Å². The summed E-state index contributed by atoms with van der Waals surface area (Å²) in [6.45, 7) is 9.61. The number of aliphatic imine (C=N–C) groups is 1. The van der Waals surface area contributed by atoms with Crippen LogP contribution >= 0.6 is 0 Å². The number of rotatable bonds is 3. The number of fused-ring (bicyclic) bond motifs is 4. The lowest BCUT2D eigenvalue weighted by Crippen LogP contribution is -2.27. The number of phenols is 1. The van der Waals surface area contributed by atoms with Crippen molar-refractivity contribution in [2.24, 2.45) is 4.99 Å². The van der Waals surface area contributed by atoms with Crippen LogP contribution in [-0.2, 0) is 12.0 Å². The molecule has 0 saturated heterocycles. The normalized spacial score (nSPS) is 18.4. The van der Waals surface area contributed by atoms with Gasteiger partial charge in [-0.25, -0.2) is 4.98 Å². The number of benzene rings is 4. The van der Waals surface area contributed by atoms with Crippen LogP contribution in [0.3, 0.4) is 0 Å². The highest BCUT2D eigenvalue weighted by molar-refractivity contribution is 6.03. The number of para-hydroxylation sites is 1. The van der Waals surface area contributed by atoms with Crippen molar-refractivity contribution in [1.82, 2.24) is 9.88 Å². The maximum Gasteiger partial charge on any atom is 0.231 e. The Bertz CT molecular complexity index is 1780. The molecule has 0 bridgehead atoms. The van der Waals surface area contributed by atoms with E-state index in [-0.39, 0.29) is 23.2 Å². The zero-order valence-electron chi connectivity index (χ0n) is 22.6. The highest BCUT2D eigenvalue weighted by Crippen LogP contribution is 2.43. The first-order valence-electron chi connectivity index (χ1n) is 13.5. The largest absolute Gasteiger partial charge is 0.507 e. The van der Waals surface area contributed by atoms with E-state index in [2.05, 4.69) is 93.3 Å². The molecule has 0 amide bonds. The average Bonchev–Trinajstić information content (AvgIpc) is 3.61. The Balaban J connectivity index is 1.35. The molecule has 0 fully saturated rings. The van der Waals surface area contributed by atoms with Gasteiger partial charge >= 0.3 is 0 Å². The van der Waals surface area contributed by atoms with Crippen molar-refractivity contribution in [3.05, 3.63) is 107 Å². The molecule has 0 aliphatic carbocycles. The summed E-state index contributed by atoms with van der Waals surface area (Å²) in [5, 5.41) is 10.5. The van der Waals surface area contributed by atoms with Gasteiger partial charge in [-0.2, -0.15) is 0 Å². The molecule has 2 aliphatic heterocycles. The maximum absolute atomic E-state index is 10.5. The van der Waals surface area contributed by atoms with E-state index >= 15 is 0 Å². The Kier molecular flexibility index (Phi) is 5.21. The van der Waals surface area contributed by atoms with Crippen LogP contribution in [0.25, 0.3) is 33.7 Å². The quantitative estimate of drug-likeness (QED) is 0.267. The van der Waals surface area contributed by atoms with Crippen molar-refractivity contribution in [1.29, 1.82) is 0 Å². The van der Waals surface area contributed by atoms with Crippen molar-refractivity contribution in [3.8, 4) is 28.3 Å². The molecule has 5 aromatic rings. The van der Waals surface area contributed by atoms with Gasteiger partial charge in [-0.15, -0.1) is 0 Å². The van der Waals surface area contributed by atoms with Gasteiger partial charge in [0.05, 0.1) is 17.6 Å². The molecule has 1 N–H and O–H groups in total.